The van der Waals surface area contributed by atoms with Crippen LogP contribution in [-0.4, -0.2) is 19.7 Å². The highest BCUT2D eigenvalue weighted by atomic mass is 16.3. The molecule has 0 aromatic carbocycles. The molecule has 0 aliphatic heterocycles. The van der Waals surface area contributed by atoms with E-state index in [4.69, 9.17) is 0 Å². The van der Waals surface area contributed by atoms with Gasteiger partial charge >= 0.3 is 0 Å². The van der Waals surface area contributed by atoms with E-state index in [9.17, 15) is 9.90 Å². The fraction of sp³-hybridized carbons (Fsp3) is 0.455. The SMILES string of the molecule is CCCc1c(CO)[nH]n2c(=O)cc(C)nc12. The normalized spacial score (nSPS) is 11.2. The second-order valence-electron chi connectivity index (χ2n) is 3.87. The average molecular weight is 221 g/mol. The molecule has 5 heteroatoms. The molecule has 0 fully saturated rings. The number of hydrogen-bond acceptors (Lipinski definition) is 3. The second kappa shape index (κ2) is 4.09. The molecule has 0 aliphatic rings. The van der Waals surface area contributed by atoms with Gasteiger partial charge in [0.2, 0.25) is 0 Å². The number of nitrogens with one attached hydrogen (secondary N) is 1. The highest BCUT2D eigenvalue weighted by molar-refractivity contribution is 5.50. The number of hydrogen-bond donors (Lipinski definition) is 2. The van der Waals surface area contributed by atoms with Gasteiger partial charge in [-0.1, -0.05) is 13.3 Å². The van der Waals surface area contributed by atoms with Crippen LogP contribution in [0.4, 0.5) is 0 Å². The van der Waals surface area contributed by atoms with Gasteiger partial charge in [-0.2, -0.15) is 0 Å². The van der Waals surface area contributed by atoms with Crippen molar-refractivity contribution in [1.29, 1.82) is 0 Å². The number of aryl methyl sites for hydroxylation is 2. The van der Waals surface area contributed by atoms with Crippen LogP contribution in [0.15, 0.2) is 10.9 Å². The van der Waals surface area contributed by atoms with Crippen molar-refractivity contribution in [2.24, 2.45) is 0 Å². The number of nitrogens with zero attached hydrogens (tertiary/aromatic N) is 2. The molecule has 0 spiro atoms. The van der Waals surface area contributed by atoms with Crippen molar-refractivity contribution in [1.82, 2.24) is 14.6 Å². The fourth-order valence-corrected chi connectivity index (χ4v) is 1.89. The summed E-state index contributed by atoms with van der Waals surface area (Å²) >= 11 is 0. The van der Waals surface area contributed by atoms with Crippen molar-refractivity contribution in [3.63, 3.8) is 0 Å². The Morgan fingerprint density at radius 1 is 1.56 bits per heavy atom. The van der Waals surface area contributed by atoms with Crippen molar-refractivity contribution in [2.45, 2.75) is 33.3 Å². The van der Waals surface area contributed by atoms with E-state index in [1.807, 2.05) is 0 Å². The zero-order chi connectivity index (χ0) is 11.7. The summed E-state index contributed by atoms with van der Waals surface area (Å²) in [6.45, 7) is 3.75. The molecule has 0 amide bonds. The second-order valence-corrected chi connectivity index (χ2v) is 3.87. The zero-order valence-corrected chi connectivity index (χ0v) is 9.45. The average Bonchev–Trinajstić information content (AvgIpc) is 2.58. The van der Waals surface area contributed by atoms with Crippen molar-refractivity contribution in [3.05, 3.63) is 33.4 Å². The molecule has 0 aliphatic carbocycles. The van der Waals surface area contributed by atoms with Gasteiger partial charge in [-0.25, -0.2) is 9.50 Å². The first-order chi connectivity index (χ1) is 7.67. The summed E-state index contributed by atoms with van der Waals surface area (Å²) in [4.78, 5) is 16.0. The molecule has 16 heavy (non-hydrogen) atoms. The lowest BCUT2D eigenvalue weighted by molar-refractivity contribution is 0.275. The summed E-state index contributed by atoms with van der Waals surface area (Å²) < 4.78 is 1.39. The largest absolute Gasteiger partial charge is 0.390 e. The molecule has 2 aromatic rings. The third-order valence-electron chi connectivity index (χ3n) is 2.59. The van der Waals surface area contributed by atoms with Crippen molar-refractivity contribution >= 4 is 5.65 Å². The Hall–Kier alpha value is -1.62. The molecule has 0 saturated heterocycles. The zero-order valence-electron chi connectivity index (χ0n) is 9.45. The van der Waals surface area contributed by atoms with E-state index < -0.39 is 0 Å². The number of aromatic nitrogens is 3. The summed E-state index contributed by atoms with van der Waals surface area (Å²) in [6.07, 6.45) is 1.75. The van der Waals surface area contributed by atoms with E-state index in [2.05, 4.69) is 17.0 Å². The molecule has 0 unspecified atom stereocenters. The molecular formula is C11H15N3O2. The Labute approximate surface area is 92.7 Å². The van der Waals surface area contributed by atoms with Gasteiger partial charge in [0, 0.05) is 17.3 Å². The van der Waals surface area contributed by atoms with Gasteiger partial charge in [0.05, 0.1) is 12.3 Å². The number of fused-ring (bicyclic) bond motifs is 1. The van der Waals surface area contributed by atoms with Crippen LogP contribution < -0.4 is 5.56 Å². The molecular weight excluding hydrogens is 206 g/mol. The molecule has 0 saturated carbocycles. The van der Waals surface area contributed by atoms with E-state index in [0.717, 1.165) is 18.4 Å². The summed E-state index contributed by atoms with van der Waals surface area (Å²) in [5.74, 6) is 0. The van der Waals surface area contributed by atoms with Gasteiger partial charge in [-0.15, -0.1) is 0 Å². The standard InChI is InChI=1S/C11H15N3O2/c1-3-4-8-9(6-15)13-14-10(16)5-7(2)12-11(8)14/h5,13,15H,3-4,6H2,1-2H3. The molecule has 2 heterocycles. The van der Waals surface area contributed by atoms with Crippen molar-refractivity contribution in [2.75, 3.05) is 0 Å². The Morgan fingerprint density at radius 2 is 2.31 bits per heavy atom. The van der Waals surface area contributed by atoms with E-state index in [1.165, 1.54) is 10.6 Å². The summed E-state index contributed by atoms with van der Waals surface area (Å²) in [6, 6.07) is 1.47. The molecule has 0 atom stereocenters. The third kappa shape index (κ3) is 1.63. The Balaban J connectivity index is 2.78. The third-order valence-corrected chi connectivity index (χ3v) is 2.59. The lowest BCUT2D eigenvalue weighted by atomic mass is 10.1. The molecule has 2 rings (SSSR count). The van der Waals surface area contributed by atoms with E-state index in [1.54, 1.807) is 6.92 Å². The van der Waals surface area contributed by atoms with Crippen molar-refractivity contribution in [3.8, 4) is 0 Å². The van der Waals surface area contributed by atoms with Crippen LogP contribution in [0.5, 0.6) is 0 Å². The quantitative estimate of drug-likeness (QED) is 0.804. The van der Waals surface area contributed by atoms with Crippen LogP contribution in [0.25, 0.3) is 5.65 Å². The van der Waals surface area contributed by atoms with E-state index >= 15 is 0 Å². The first-order valence-electron chi connectivity index (χ1n) is 5.38. The maximum absolute atomic E-state index is 11.7. The Morgan fingerprint density at radius 3 is 2.94 bits per heavy atom. The lowest BCUT2D eigenvalue weighted by Crippen LogP contribution is -2.14. The van der Waals surface area contributed by atoms with Gasteiger partial charge in [-0.05, 0) is 13.3 Å². The number of aromatic amines is 1. The highest BCUT2D eigenvalue weighted by Gasteiger charge is 2.12. The minimum Gasteiger partial charge on any atom is -0.390 e. The smallest absolute Gasteiger partial charge is 0.272 e. The predicted octanol–water partition coefficient (Wildman–Crippen LogP) is 0.776. The summed E-state index contributed by atoms with van der Waals surface area (Å²) in [5, 5.41) is 12.1. The number of aliphatic hydroxyl groups excluding tert-OH is 1. The van der Waals surface area contributed by atoms with Crippen LogP contribution in [0.1, 0.15) is 30.3 Å². The topological polar surface area (TPSA) is 70.4 Å². The van der Waals surface area contributed by atoms with Crippen LogP contribution in [0.2, 0.25) is 0 Å². The van der Waals surface area contributed by atoms with Crippen molar-refractivity contribution < 1.29 is 5.11 Å². The van der Waals surface area contributed by atoms with Crippen LogP contribution >= 0.6 is 0 Å². The molecule has 0 radical (unpaired) electrons. The minimum atomic E-state index is -0.139. The highest BCUT2D eigenvalue weighted by Crippen LogP contribution is 2.15. The summed E-state index contributed by atoms with van der Waals surface area (Å²) in [7, 11) is 0. The monoisotopic (exact) mass is 221 g/mol. The maximum Gasteiger partial charge on any atom is 0.272 e. The Bertz CT molecular complexity index is 568. The molecule has 86 valence electrons. The van der Waals surface area contributed by atoms with E-state index in [0.29, 0.717) is 17.0 Å². The predicted molar refractivity (Wildman–Crippen MR) is 60.5 cm³/mol. The minimum absolute atomic E-state index is 0.100. The van der Waals surface area contributed by atoms with Crippen LogP contribution in [-0.2, 0) is 13.0 Å². The van der Waals surface area contributed by atoms with Gasteiger partial charge in [0.25, 0.3) is 5.56 Å². The number of H-pyrrole nitrogens is 1. The van der Waals surface area contributed by atoms with Gasteiger partial charge in [-0.3, -0.25) is 9.89 Å². The number of rotatable bonds is 3. The molecule has 2 N–H and O–H groups in total. The van der Waals surface area contributed by atoms with E-state index in [-0.39, 0.29) is 12.2 Å². The first kappa shape index (κ1) is 10.9. The summed E-state index contributed by atoms with van der Waals surface area (Å²) in [5.41, 5.74) is 2.81. The number of aliphatic hydroxyl groups is 1. The fourth-order valence-electron chi connectivity index (χ4n) is 1.89. The lowest BCUT2D eigenvalue weighted by Gasteiger charge is -1.98. The molecule has 5 nitrogen and oxygen atoms in total. The van der Waals surface area contributed by atoms with Gasteiger partial charge in [0.15, 0.2) is 5.65 Å². The van der Waals surface area contributed by atoms with Gasteiger partial charge in [0.1, 0.15) is 0 Å². The maximum atomic E-state index is 11.7. The van der Waals surface area contributed by atoms with Crippen LogP contribution in [0.3, 0.4) is 0 Å². The van der Waals surface area contributed by atoms with Gasteiger partial charge < -0.3 is 5.11 Å². The molecule has 0 bridgehead atoms. The molecule has 2 aromatic heterocycles. The Kier molecular flexibility index (Phi) is 2.78. The first-order valence-corrected chi connectivity index (χ1v) is 5.38. The van der Waals surface area contributed by atoms with Crippen LogP contribution in [0, 0.1) is 6.92 Å².